The molecule has 26 heavy (non-hydrogen) atoms. The lowest BCUT2D eigenvalue weighted by Gasteiger charge is -2.33. The fourth-order valence-corrected chi connectivity index (χ4v) is 3.59. The van der Waals surface area contributed by atoms with E-state index in [1.165, 1.54) is 5.56 Å². The lowest BCUT2D eigenvalue weighted by molar-refractivity contribution is -0.133. The first-order chi connectivity index (χ1) is 12.6. The third kappa shape index (κ3) is 5.90. The summed E-state index contributed by atoms with van der Waals surface area (Å²) in [5.41, 5.74) is 1.25. The number of amides is 1. The number of likely N-dealkylation sites (N-methyl/N-ethyl adjacent to an activating group) is 1. The van der Waals surface area contributed by atoms with E-state index in [0.29, 0.717) is 12.5 Å². The molecule has 0 atom stereocenters. The standard InChI is InChI=1S/C21H34N2O3/c1-5-22(6-2)16-21(24)23-11-9-17(10-12-23)7-8-18-13-19(25-3)15-20(14-18)26-4/h13-15,17H,5-12,16H2,1-4H3. The number of hydrogen-bond acceptors (Lipinski definition) is 4. The van der Waals surface area contributed by atoms with Crippen LogP contribution >= 0.6 is 0 Å². The van der Waals surface area contributed by atoms with Crippen molar-refractivity contribution in [3.8, 4) is 11.5 Å². The summed E-state index contributed by atoms with van der Waals surface area (Å²) >= 11 is 0. The van der Waals surface area contributed by atoms with E-state index < -0.39 is 0 Å². The Bertz CT molecular complexity index is 542. The van der Waals surface area contributed by atoms with E-state index in [2.05, 4.69) is 30.9 Å². The topological polar surface area (TPSA) is 42.0 Å². The first kappa shape index (κ1) is 20.6. The van der Waals surface area contributed by atoms with Crippen LogP contribution in [0.4, 0.5) is 0 Å². The van der Waals surface area contributed by atoms with Crippen molar-refractivity contribution in [2.45, 2.75) is 39.5 Å². The van der Waals surface area contributed by atoms with Gasteiger partial charge >= 0.3 is 0 Å². The van der Waals surface area contributed by atoms with E-state index in [-0.39, 0.29) is 5.91 Å². The van der Waals surface area contributed by atoms with E-state index in [9.17, 15) is 4.79 Å². The fourth-order valence-electron chi connectivity index (χ4n) is 3.59. The zero-order valence-corrected chi connectivity index (χ0v) is 16.8. The second-order valence-electron chi connectivity index (χ2n) is 7.05. The summed E-state index contributed by atoms with van der Waals surface area (Å²) < 4.78 is 10.7. The van der Waals surface area contributed by atoms with Gasteiger partial charge in [0, 0.05) is 19.2 Å². The molecule has 1 aliphatic rings. The number of aryl methyl sites for hydroxylation is 1. The number of rotatable bonds is 9. The Labute approximate surface area is 158 Å². The molecule has 1 aromatic rings. The number of carbonyl (C=O) groups excluding carboxylic acids is 1. The van der Waals surface area contributed by atoms with Gasteiger partial charge in [-0.1, -0.05) is 13.8 Å². The predicted octanol–water partition coefficient (Wildman–Crippen LogP) is 3.22. The molecule has 1 aromatic carbocycles. The van der Waals surface area contributed by atoms with Crippen molar-refractivity contribution >= 4 is 5.91 Å². The molecule has 0 N–H and O–H groups in total. The number of ether oxygens (including phenoxy) is 2. The number of piperidine rings is 1. The molecule has 1 amide bonds. The molecule has 5 heteroatoms. The molecule has 1 fully saturated rings. The number of benzene rings is 1. The van der Waals surface area contributed by atoms with Crippen LogP contribution in [0.2, 0.25) is 0 Å². The smallest absolute Gasteiger partial charge is 0.236 e. The molecule has 2 rings (SSSR count). The van der Waals surface area contributed by atoms with Crippen LogP contribution in [0, 0.1) is 5.92 Å². The van der Waals surface area contributed by atoms with Crippen molar-refractivity contribution in [1.82, 2.24) is 9.80 Å². The molecule has 1 aliphatic heterocycles. The van der Waals surface area contributed by atoms with Crippen molar-refractivity contribution in [3.63, 3.8) is 0 Å². The highest BCUT2D eigenvalue weighted by molar-refractivity contribution is 5.78. The molecular weight excluding hydrogens is 328 g/mol. The fraction of sp³-hybridized carbons (Fsp3) is 0.667. The minimum absolute atomic E-state index is 0.282. The largest absolute Gasteiger partial charge is 0.497 e. The highest BCUT2D eigenvalue weighted by Crippen LogP contribution is 2.27. The number of likely N-dealkylation sites (tertiary alicyclic amines) is 1. The number of carbonyl (C=O) groups is 1. The van der Waals surface area contributed by atoms with Crippen molar-refractivity contribution < 1.29 is 14.3 Å². The molecule has 146 valence electrons. The number of hydrogen-bond donors (Lipinski definition) is 0. The van der Waals surface area contributed by atoms with Gasteiger partial charge in [-0.25, -0.2) is 0 Å². The van der Waals surface area contributed by atoms with Gasteiger partial charge in [0.05, 0.1) is 20.8 Å². The summed E-state index contributed by atoms with van der Waals surface area (Å²) in [5, 5.41) is 0. The summed E-state index contributed by atoms with van der Waals surface area (Å²) in [6.45, 7) is 8.43. The first-order valence-electron chi connectivity index (χ1n) is 9.81. The van der Waals surface area contributed by atoms with Gasteiger partial charge in [-0.05, 0) is 62.4 Å². The van der Waals surface area contributed by atoms with Crippen molar-refractivity contribution in [3.05, 3.63) is 23.8 Å². The average molecular weight is 363 g/mol. The molecule has 0 spiro atoms. The first-order valence-corrected chi connectivity index (χ1v) is 9.81. The molecule has 1 saturated heterocycles. The molecule has 5 nitrogen and oxygen atoms in total. The summed E-state index contributed by atoms with van der Waals surface area (Å²) in [5.74, 6) is 2.65. The maximum Gasteiger partial charge on any atom is 0.236 e. The van der Waals surface area contributed by atoms with Crippen molar-refractivity contribution in [1.29, 1.82) is 0 Å². The van der Waals surface area contributed by atoms with Crippen LogP contribution in [0.15, 0.2) is 18.2 Å². The molecule has 0 saturated carbocycles. The van der Waals surface area contributed by atoms with Gasteiger partial charge in [0.15, 0.2) is 0 Å². The second-order valence-corrected chi connectivity index (χ2v) is 7.05. The molecule has 0 aromatic heterocycles. The quantitative estimate of drug-likeness (QED) is 0.676. The van der Waals surface area contributed by atoms with Gasteiger partial charge in [-0.3, -0.25) is 9.69 Å². The van der Waals surface area contributed by atoms with Gasteiger partial charge in [-0.2, -0.15) is 0 Å². The van der Waals surface area contributed by atoms with Crippen molar-refractivity contribution in [2.24, 2.45) is 5.92 Å². The summed E-state index contributed by atoms with van der Waals surface area (Å²) in [6.07, 6.45) is 4.37. The minimum atomic E-state index is 0.282. The highest BCUT2D eigenvalue weighted by atomic mass is 16.5. The summed E-state index contributed by atoms with van der Waals surface area (Å²) in [7, 11) is 3.37. The Morgan fingerprint density at radius 2 is 1.65 bits per heavy atom. The number of methoxy groups -OCH3 is 2. The molecule has 0 bridgehead atoms. The van der Waals surface area contributed by atoms with Crippen LogP contribution in [0.3, 0.4) is 0 Å². The lowest BCUT2D eigenvalue weighted by atomic mass is 9.90. The third-order valence-electron chi connectivity index (χ3n) is 5.47. The van der Waals surface area contributed by atoms with E-state index in [1.807, 2.05) is 11.0 Å². The summed E-state index contributed by atoms with van der Waals surface area (Å²) in [4.78, 5) is 16.6. The van der Waals surface area contributed by atoms with Gasteiger partial charge in [0.25, 0.3) is 0 Å². The predicted molar refractivity (Wildman–Crippen MR) is 105 cm³/mol. The third-order valence-corrected chi connectivity index (χ3v) is 5.47. The van der Waals surface area contributed by atoms with Gasteiger partial charge in [0.1, 0.15) is 11.5 Å². The van der Waals surface area contributed by atoms with E-state index >= 15 is 0 Å². The molecule has 0 unspecified atom stereocenters. The Morgan fingerprint density at radius 1 is 1.08 bits per heavy atom. The zero-order chi connectivity index (χ0) is 18.9. The van der Waals surface area contributed by atoms with Crippen LogP contribution < -0.4 is 9.47 Å². The van der Waals surface area contributed by atoms with Crippen LogP contribution in [-0.4, -0.2) is 62.7 Å². The van der Waals surface area contributed by atoms with Crippen LogP contribution in [-0.2, 0) is 11.2 Å². The zero-order valence-electron chi connectivity index (χ0n) is 16.8. The van der Waals surface area contributed by atoms with E-state index in [1.54, 1.807) is 14.2 Å². The Morgan fingerprint density at radius 3 is 2.15 bits per heavy atom. The second kappa shape index (κ2) is 10.4. The highest BCUT2D eigenvalue weighted by Gasteiger charge is 2.23. The number of nitrogens with zero attached hydrogens (tertiary/aromatic N) is 2. The Balaban J connectivity index is 1.79. The molecule has 0 aliphatic carbocycles. The normalized spacial score (nSPS) is 15.3. The molecule has 1 heterocycles. The maximum atomic E-state index is 12.4. The van der Waals surface area contributed by atoms with Gasteiger partial charge < -0.3 is 14.4 Å². The monoisotopic (exact) mass is 362 g/mol. The lowest BCUT2D eigenvalue weighted by Crippen LogP contribution is -2.44. The molecule has 0 radical (unpaired) electrons. The Kier molecular flexibility index (Phi) is 8.23. The maximum absolute atomic E-state index is 12.4. The Hall–Kier alpha value is -1.75. The average Bonchev–Trinajstić information content (AvgIpc) is 2.70. The van der Waals surface area contributed by atoms with Crippen LogP contribution in [0.1, 0.15) is 38.7 Å². The SMILES string of the molecule is CCN(CC)CC(=O)N1CCC(CCc2cc(OC)cc(OC)c2)CC1. The van der Waals surface area contributed by atoms with Crippen molar-refractivity contribution in [2.75, 3.05) is 46.9 Å². The van der Waals surface area contributed by atoms with Gasteiger partial charge in [-0.15, -0.1) is 0 Å². The van der Waals surface area contributed by atoms with Crippen LogP contribution in [0.5, 0.6) is 11.5 Å². The van der Waals surface area contributed by atoms with Gasteiger partial charge in [0.2, 0.25) is 5.91 Å². The summed E-state index contributed by atoms with van der Waals surface area (Å²) in [6, 6.07) is 6.08. The molecular formula is C21H34N2O3. The van der Waals surface area contributed by atoms with E-state index in [0.717, 1.165) is 63.4 Å². The minimum Gasteiger partial charge on any atom is -0.497 e. The van der Waals surface area contributed by atoms with Crippen LogP contribution in [0.25, 0.3) is 0 Å². The van der Waals surface area contributed by atoms with E-state index in [4.69, 9.17) is 9.47 Å².